The van der Waals surface area contributed by atoms with E-state index in [1.165, 1.54) is 12.8 Å². The smallest absolute Gasteiger partial charge is 0.0735 e. The first-order valence-electron chi connectivity index (χ1n) is 4.42. The zero-order valence-corrected chi connectivity index (χ0v) is 7.80. The number of hydrogen-bond donors (Lipinski definition) is 1. The molecule has 0 aromatic rings. The SMILES string of the molecule is OC1CN(C/C=C/Cl)CC12CC2. The van der Waals surface area contributed by atoms with E-state index in [9.17, 15) is 5.11 Å². The van der Waals surface area contributed by atoms with Gasteiger partial charge in [-0.25, -0.2) is 0 Å². The minimum absolute atomic E-state index is 0.0961. The normalized spacial score (nSPS) is 33.7. The summed E-state index contributed by atoms with van der Waals surface area (Å²) in [7, 11) is 0. The van der Waals surface area contributed by atoms with Crippen LogP contribution in [-0.4, -0.2) is 35.7 Å². The van der Waals surface area contributed by atoms with Crippen molar-refractivity contribution in [2.24, 2.45) is 5.41 Å². The molecule has 1 N–H and O–H groups in total. The average Bonchev–Trinajstić information content (AvgIpc) is 2.74. The second-order valence-corrected chi connectivity index (χ2v) is 4.19. The van der Waals surface area contributed by atoms with Gasteiger partial charge in [-0.05, 0) is 12.8 Å². The molecule has 0 radical (unpaired) electrons. The van der Waals surface area contributed by atoms with Gasteiger partial charge in [-0.2, -0.15) is 0 Å². The van der Waals surface area contributed by atoms with Gasteiger partial charge < -0.3 is 5.11 Å². The molecule has 1 aliphatic carbocycles. The summed E-state index contributed by atoms with van der Waals surface area (Å²) in [6, 6.07) is 0. The van der Waals surface area contributed by atoms with Crippen LogP contribution in [0.4, 0.5) is 0 Å². The summed E-state index contributed by atoms with van der Waals surface area (Å²) >= 11 is 5.43. The fourth-order valence-electron chi connectivity index (χ4n) is 2.03. The van der Waals surface area contributed by atoms with Crippen molar-refractivity contribution < 1.29 is 5.11 Å². The third kappa shape index (κ3) is 1.39. The predicted octanol–water partition coefficient (Wildman–Crippen LogP) is 1.20. The number of likely N-dealkylation sites (tertiary alicyclic amines) is 1. The van der Waals surface area contributed by atoms with E-state index in [4.69, 9.17) is 11.6 Å². The lowest BCUT2D eigenvalue weighted by Gasteiger charge is -2.11. The summed E-state index contributed by atoms with van der Waals surface area (Å²) in [6.07, 6.45) is 4.24. The molecular weight excluding hydrogens is 174 g/mol. The Morgan fingerprint density at radius 1 is 1.58 bits per heavy atom. The molecule has 3 heteroatoms. The Bertz CT molecular complexity index is 201. The van der Waals surface area contributed by atoms with Crippen molar-refractivity contribution in [3.8, 4) is 0 Å². The van der Waals surface area contributed by atoms with Gasteiger partial charge in [-0.1, -0.05) is 17.7 Å². The lowest BCUT2D eigenvalue weighted by Crippen LogP contribution is -2.21. The Kier molecular flexibility index (Phi) is 2.15. The van der Waals surface area contributed by atoms with Crippen molar-refractivity contribution in [1.29, 1.82) is 0 Å². The Hall–Kier alpha value is -0.0500. The molecule has 1 saturated carbocycles. The molecule has 0 bridgehead atoms. The van der Waals surface area contributed by atoms with Crippen molar-refractivity contribution in [3.63, 3.8) is 0 Å². The first-order chi connectivity index (χ1) is 5.77. The van der Waals surface area contributed by atoms with Crippen LogP contribution in [0.1, 0.15) is 12.8 Å². The first-order valence-corrected chi connectivity index (χ1v) is 4.86. The van der Waals surface area contributed by atoms with Crippen LogP contribution in [-0.2, 0) is 0 Å². The quantitative estimate of drug-likeness (QED) is 0.702. The Labute approximate surface area is 77.8 Å². The minimum atomic E-state index is -0.0961. The van der Waals surface area contributed by atoms with Gasteiger partial charge in [0, 0.05) is 30.6 Å². The van der Waals surface area contributed by atoms with Crippen LogP contribution in [0.3, 0.4) is 0 Å². The minimum Gasteiger partial charge on any atom is -0.391 e. The molecule has 0 aromatic carbocycles. The number of β-amino-alcohol motifs (C(OH)–C–C–N with tert-alkyl or cyclic N) is 1. The molecule has 2 fully saturated rings. The zero-order valence-electron chi connectivity index (χ0n) is 7.04. The maximum atomic E-state index is 9.69. The molecule has 1 saturated heterocycles. The second kappa shape index (κ2) is 3.02. The molecular formula is C9H14ClNO. The van der Waals surface area contributed by atoms with E-state index in [-0.39, 0.29) is 11.5 Å². The molecule has 0 amide bonds. The molecule has 2 rings (SSSR count). The summed E-state index contributed by atoms with van der Waals surface area (Å²) in [6.45, 7) is 2.75. The van der Waals surface area contributed by atoms with Crippen LogP contribution < -0.4 is 0 Å². The predicted molar refractivity (Wildman–Crippen MR) is 49.1 cm³/mol. The third-order valence-electron chi connectivity index (χ3n) is 3.02. The molecule has 2 nitrogen and oxygen atoms in total. The van der Waals surface area contributed by atoms with Gasteiger partial charge in [0.2, 0.25) is 0 Å². The summed E-state index contributed by atoms with van der Waals surface area (Å²) in [4.78, 5) is 2.26. The highest BCUT2D eigenvalue weighted by Crippen LogP contribution is 2.52. The van der Waals surface area contributed by atoms with Crippen LogP contribution in [0, 0.1) is 5.41 Å². The van der Waals surface area contributed by atoms with Crippen molar-refractivity contribution in [3.05, 3.63) is 11.6 Å². The van der Waals surface area contributed by atoms with Crippen molar-refractivity contribution in [2.45, 2.75) is 18.9 Å². The Balaban J connectivity index is 1.88. The van der Waals surface area contributed by atoms with E-state index in [0.29, 0.717) is 0 Å². The molecule has 0 aromatic heterocycles. The number of aliphatic hydroxyl groups is 1. The van der Waals surface area contributed by atoms with Gasteiger partial charge in [0.25, 0.3) is 0 Å². The summed E-state index contributed by atoms with van der Waals surface area (Å²) in [5, 5.41) is 9.69. The average molecular weight is 188 g/mol. The molecule has 68 valence electrons. The van der Waals surface area contributed by atoms with Gasteiger partial charge >= 0.3 is 0 Å². The fraction of sp³-hybridized carbons (Fsp3) is 0.778. The highest BCUT2D eigenvalue weighted by Gasteiger charge is 2.54. The van der Waals surface area contributed by atoms with E-state index in [0.717, 1.165) is 19.6 Å². The molecule has 1 atom stereocenters. The number of halogens is 1. The summed E-state index contributed by atoms with van der Waals surface area (Å²) in [5.41, 5.74) is 1.82. The van der Waals surface area contributed by atoms with Crippen molar-refractivity contribution >= 4 is 11.6 Å². The fourth-order valence-corrected chi connectivity index (χ4v) is 2.11. The van der Waals surface area contributed by atoms with Gasteiger partial charge in [0.15, 0.2) is 0 Å². The van der Waals surface area contributed by atoms with Gasteiger partial charge in [0.1, 0.15) is 0 Å². The zero-order chi connectivity index (χ0) is 8.60. The monoisotopic (exact) mass is 187 g/mol. The number of rotatable bonds is 2. The van der Waals surface area contributed by atoms with E-state index < -0.39 is 0 Å². The van der Waals surface area contributed by atoms with Crippen LogP contribution >= 0.6 is 11.6 Å². The molecule has 2 aliphatic rings. The standard InChI is InChI=1S/C9H14ClNO/c10-4-1-5-11-6-8(12)9(7-11)2-3-9/h1,4,8,12H,2-3,5-7H2/b4-1+. The van der Waals surface area contributed by atoms with Gasteiger partial charge in [-0.3, -0.25) is 4.90 Å². The van der Waals surface area contributed by atoms with Crippen LogP contribution in [0.2, 0.25) is 0 Å². The van der Waals surface area contributed by atoms with E-state index in [2.05, 4.69) is 4.90 Å². The van der Waals surface area contributed by atoms with E-state index in [1.807, 2.05) is 6.08 Å². The number of hydrogen-bond acceptors (Lipinski definition) is 2. The first kappa shape index (κ1) is 8.54. The summed E-state index contributed by atoms with van der Waals surface area (Å²) < 4.78 is 0. The summed E-state index contributed by atoms with van der Waals surface area (Å²) in [5.74, 6) is 0. The molecule has 1 aliphatic heterocycles. The molecule has 1 spiro atoms. The van der Waals surface area contributed by atoms with Gasteiger partial charge in [-0.15, -0.1) is 0 Å². The van der Waals surface area contributed by atoms with Crippen LogP contribution in [0.5, 0.6) is 0 Å². The highest BCUT2D eigenvalue weighted by atomic mass is 35.5. The Morgan fingerprint density at radius 3 is 2.83 bits per heavy atom. The molecule has 12 heavy (non-hydrogen) atoms. The number of nitrogens with zero attached hydrogens (tertiary/aromatic N) is 1. The van der Waals surface area contributed by atoms with E-state index >= 15 is 0 Å². The highest BCUT2D eigenvalue weighted by molar-refractivity contribution is 6.25. The second-order valence-electron chi connectivity index (χ2n) is 3.93. The number of aliphatic hydroxyl groups excluding tert-OH is 1. The lowest BCUT2D eigenvalue weighted by molar-refractivity contribution is 0.132. The van der Waals surface area contributed by atoms with E-state index in [1.54, 1.807) is 5.54 Å². The third-order valence-corrected chi connectivity index (χ3v) is 3.20. The van der Waals surface area contributed by atoms with Crippen LogP contribution in [0.15, 0.2) is 11.6 Å². The van der Waals surface area contributed by atoms with Gasteiger partial charge in [0.05, 0.1) is 6.10 Å². The molecule has 1 unspecified atom stereocenters. The van der Waals surface area contributed by atoms with Crippen LogP contribution in [0.25, 0.3) is 0 Å². The van der Waals surface area contributed by atoms with Crippen molar-refractivity contribution in [2.75, 3.05) is 19.6 Å². The lowest BCUT2D eigenvalue weighted by atomic mass is 10.0. The van der Waals surface area contributed by atoms with Crippen molar-refractivity contribution in [1.82, 2.24) is 4.90 Å². The molecule has 1 heterocycles. The topological polar surface area (TPSA) is 23.5 Å². The Morgan fingerprint density at radius 2 is 2.33 bits per heavy atom. The maximum absolute atomic E-state index is 9.69. The largest absolute Gasteiger partial charge is 0.391 e. The maximum Gasteiger partial charge on any atom is 0.0735 e.